The maximum Gasteiger partial charge on any atom is 0.242 e. The normalized spacial score (nSPS) is 10.2. The molecule has 124 valence electrons. The van der Waals surface area contributed by atoms with E-state index in [9.17, 15) is 4.79 Å². The van der Waals surface area contributed by atoms with Gasteiger partial charge in [0, 0.05) is 17.1 Å². The first-order valence-electron chi connectivity index (χ1n) is 7.56. The highest BCUT2D eigenvalue weighted by Crippen LogP contribution is 2.20. The summed E-state index contributed by atoms with van der Waals surface area (Å²) < 4.78 is 1.47. The summed E-state index contributed by atoms with van der Waals surface area (Å²) in [6.07, 6.45) is 1.70. The molecular weight excluding hydrogens is 338 g/mol. The van der Waals surface area contributed by atoms with Crippen LogP contribution in [0.1, 0.15) is 11.1 Å². The van der Waals surface area contributed by atoms with Crippen molar-refractivity contribution in [1.82, 2.24) is 20.3 Å². The molecule has 3 rings (SSSR count). The van der Waals surface area contributed by atoms with Gasteiger partial charge in [0.05, 0.1) is 17.8 Å². The SMILES string of the molecule is N#Cc1cccc(CNC(=O)Cn2cc(-c3cccc(Cl)c3)nn2)c1. The number of hydrogen-bond acceptors (Lipinski definition) is 4. The van der Waals surface area contributed by atoms with E-state index in [1.165, 1.54) is 4.68 Å². The van der Waals surface area contributed by atoms with Gasteiger partial charge in [0.25, 0.3) is 0 Å². The Balaban J connectivity index is 1.59. The molecule has 0 saturated carbocycles. The van der Waals surface area contributed by atoms with Crippen LogP contribution in [0.2, 0.25) is 5.02 Å². The highest BCUT2D eigenvalue weighted by atomic mass is 35.5. The van der Waals surface area contributed by atoms with E-state index in [2.05, 4.69) is 21.7 Å². The minimum absolute atomic E-state index is 0.0610. The van der Waals surface area contributed by atoms with Crippen molar-refractivity contribution in [3.63, 3.8) is 0 Å². The van der Waals surface area contributed by atoms with Crippen LogP contribution in [0.5, 0.6) is 0 Å². The highest BCUT2D eigenvalue weighted by molar-refractivity contribution is 6.30. The van der Waals surface area contributed by atoms with Crippen LogP contribution in [-0.4, -0.2) is 20.9 Å². The van der Waals surface area contributed by atoms with Gasteiger partial charge in [-0.3, -0.25) is 4.79 Å². The second kappa shape index (κ2) is 7.60. The Hall–Kier alpha value is -3.17. The summed E-state index contributed by atoms with van der Waals surface area (Å²) in [4.78, 5) is 12.1. The number of hydrogen-bond donors (Lipinski definition) is 1. The van der Waals surface area contributed by atoms with Gasteiger partial charge in [0.2, 0.25) is 5.91 Å². The van der Waals surface area contributed by atoms with Crippen molar-refractivity contribution in [2.24, 2.45) is 0 Å². The Morgan fingerprint density at radius 2 is 2.08 bits per heavy atom. The monoisotopic (exact) mass is 351 g/mol. The van der Waals surface area contributed by atoms with Crippen LogP contribution in [-0.2, 0) is 17.9 Å². The fraction of sp³-hybridized carbons (Fsp3) is 0.111. The standard InChI is InChI=1S/C18H14ClN5O/c19-16-6-2-5-15(8-16)17-11-24(23-22-17)12-18(25)21-10-14-4-1-3-13(7-14)9-20/h1-8,11H,10,12H2,(H,21,25). The zero-order chi connectivity index (χ0) is 17.6. The third kappa shape index (κ3) is 4.43. The minimum atomic E-state index is -0.190. The summed E-state index contributed by atoms with van der Waals surface area (Å²) in [5, 5.41) is 20.3. The molecule has 0 unspecified atom stereocenters. The number of nitriles is 1. The van der Waals surface area contributed by atoms with Gasteiger partial charge in [-0.1, -0.05) is 41.1 Å². The predicted molar refractivity (Wildman–Crippen MR) is 93.5 cm³/mol. The molecule has 1 aromatic heterocycles. The number of rotatable bonds is 5. The molecule has 3 aromatic rings. The molecule has 0 spiro atoms. The molecule has 0 fully saturated rings. The highest BCUT2D eigenvalue weighted by Gasteiger charge is 2.08. The summed E-state index contributed by atoms with van der Waals surface area (Å²) in [5.41, 5.74) is 2.92. The largest absolute Gasteiger partial charge is 0.350 e. The topological polar surface area (TPSA) is 83.6 Å². The van der Waals surface area contributed by atoms with E-state index in [1.54, 1.807) is 36.5 Å². The van der Waals surface area contributed by atoms with Crippen LogP contribution in [0.15, 0.2) is 54.7 Å². The molecule has 1 amide bonds. The summed E-state index contributed by atoms with van der Waals surface area (Å²) >= 11 is 5.97. The number of halogens is 1. The van der Waals surface area contributed by atoms with Crippen LogP contribution >= 0.6 is 11.6 Å². The van der Waals surface area contributed by atoms with Gasteiger partial charge in [-0.15, -0.1) is 5.10 Å². The van der Waals surface area contributed by atoms with Crippen LogP contribution in [0.3, 0.4) is 0 Å². The summed E-state index contributed by atoms with van der Waals surface area (Å²) in [6, 6.07) is 16.5. The van der Waals surface area contributed by atoms with E-state index in [4.69, 9.17) is 16.9 Å². The molecule has 0 aliphatic heterocycles. The first kappa shape index (κ1) is 16.7. The molecule has 25 heavy (non-hydrogen) atoms. The number of carbonyl (C=O) groups is 1. The second-order valence-electron chi connectivity index (χ2n) is 5.40. The second-order valence-corrected chi connectivity index (χ2v) is 5.84. The molecule has 2 aromatic carbocycles. The predicted octanol–water partition coefficient (Wildman–Crippen LogP) is 2.79. The lowest BCUT2D eigenvalue weighted by atomic mass is 10.1. The minimum Gasteiger partial charge on any atom is -0.350 e. The average Bonchev–Trinajstić information content (AvgIpc) is 3.08. The number of amides is 1. The average molecular weight is 352 g/mol. The number of nitrogens with one attached hydrogen (secondary N) is 1. The molecule has 1 heterocycles. The van der Waals surface area contributed by atoms with Crippen LogP contribution in [0.4, 0.5) is 0 Å². The smallest absolute Gasteiger partial charge is 0.242 e. The molecule has 1 N–H and O–H groups in total. The molecule has 0 bridgehead atoms. The zero-order valence-corrected chi connectivity index (χ0v) is 13.9. The Labute approximate surface area is 149 Å². The molecule has 0 atom stereocenters. The third-order valence-electron chi connectivity index (χ3n) is 3.51. The Kier molecular flexibility index (Phi) is 5.07. The first-order chi connectivity index (χ1) is 12.1. The quantitative estimate of drug-likeness (QED) is 0.766. The van der Waals surface area contributed by atoms with Gasteiger partial charge in [-0.25, -0.2) is 4.68 Å². The van der Waals surface area contributed by atoms with Crippen LogP contribution in [0, 0.1) is 11.3 Å². The lowest BCUT2D eigenvalue weighted by Gasteiger charge is -2.05. The van der Waals surface area contributed by atoms with E-state index >= 15 is 0 Å². The Morgan fingerprint density at radius 3 is 2.88 bits per heavy atom. The Morgan fingerprint density at radius 1 is 1.24 bits per heavy atom. The van der Waals surface area contributed by atoms with Gasteiger partial charge < -0.3 is 5.32 Å². The van der Waals surface area contributed by atoms with Crippen molar-refractivity contribution in [3.8, 4) is 17.3 Å². The molecule has 0 radical (unpaired) electrons. The number of benzene rings is 2. The van der Waals surface area contributed by atoms with Crippen LogP contribution < -0.4 is 5.32 Å². The van der Waals surface area contributed by atoms with Crippen LogP contribution in [0.25, 0.3) is 11.3 Å². The number of carbonyl (C=O) groups excluding carboxylic acids is 1. The van der Waals surface area contributed by atoms with Crippen molar-refractivity contribution in [3.05, 3.63) is 70.9 Å². The van der Waals surface area contributed by atoms with E-state index < -0.39 is 0 Å². The van der Waals surface area contributed by atoms with Gasteiger partial charge in [0.1, 0.15) is 12.2 Å². The van der Waals surface area contributed by atoms with Crippen molar-refractivity contribution >= 4 is 17.5 Å². The maximum absolute atomic E-state index is 12.1. The van der Waals surface area contributed by atoms with Gasteiger partial charge in [0.15, 0.2) is 0 Å². The Bertz CT molecular complexity index is 944. The van der Waals surface area contributed by atoms with Gasteiger partial charge in [-0.05, 0) is 29.8 Å². The summed E-state index contributed by atoms with van der Waals surface area (Å²) in [7, 11) is 0. The summed E-state index contributed by atoms with van der Waals surface area (Å²) in [5.74, 6) is -0.190. The van der Waals surface area contributed by atoms with Crippen molar-refractivity contribution in [1.29, 1.82) is 5.26 Å². The fourth-order valence-corrected chi connectivity index (χ4v) is 2.50. The van der Waals surface area contributed by atoms with E-state index in [0.29, 0.717) is 22.8 Å². The zero-order valence-electron chi connectivity index (χ0n) is 13.2. The summed E-state index contributed by atoms with van der Waals surface area (Å²) in [6.45, 7) is 0.412. The maximum atomic E-state index is 12.1. The lowest BCUT2D eigenvalue weighted by molar-refractivity contribution is -0.122. The number of nitrogens with zero attached hydrogens (tertiary/aromatic N) is 4. The molecular formula is C18H14ClN5O. The molecule has 7 heteroatoms. The number of aromatic nitrogens is 3. The molecule has 0 aliphatic rings. The third-order valence-corrected chi connectivity index (χ3v) is 3.75. The first-order valence-corrected chi connectivity index (χ1v) is 7.93. The molecule has 0 saturated heterocycles. The van der Waals surface area contributed by atoms with Gasteiger partial charge in [-0.2, -0.15) is 5.26 Å². The van der Waals surface area contributed by atoms with Crippen molar-refractivity contribution < 1.29 is 4.79 Å². The van der Waals surface area contributed by atoms with E-state index in [1.807, 2.05) is 18.2 Å². The van der Waals surface area contributed by atoms with Crippen molar-refractivity contribution in [2.45, 2.75) is 13.1 Å². The van der Waals surface area contributed by atoms with Gasteiger partial charge >= 0.3 is 0 Å². The molecule has 6 nitrogen and oxygen atoms in total. The van der Waals surface area contributed by atoms with E-state index in [0.717, 1.165) is 11.1 Å². The molecule has 0 aliphatic carbocycles. The van der Waals surface area contributed by atoms with E-state index in [-0.39, 0.29) is 12.5 Å². The fourth-order valence-electron chi connectivity index (χ4n) is 2.31. The lowest BCUT2D eigenvalue weighted by Crippen LogP contribution is -2.27. The van der Waals surface area contributed by atoms with Crippen molar-refractivity contribution in [2.75, 3.05) is 0 Å².